The van der Waals surface area contributed by atoms with Crippen molar-refractivity contribution in [3.05, 3.63) is 23.9 Å². The Morgan fingerprint density at radius 3 is 2.74 bits per heavy atom. The molecule has 1 aromatic rings. The molecule has 0 bridgehead atoms. The molecule has 1 aliphatic carbocycles. The Hall–Kier alpha value is -1.09. The molecule has 1 aliphatic heterocycles. The summed E-state index contributed by atoms with van der Waals surface area (Å²) in [5.74, 6) is 1.13. The fourth-order valence-corrected chi connectivity index (χ4v) is 3.55. The highest BCUT2D eigenvalue weighted by atomic mass is 15.2. The zero-order valence-electron chi connectivity index (χ0n) is 11.9. The van der Waals surface area contributed by atoms with Crippen molar-refractivity contribution in [1.29, 1.82) is 0 Å². The molecular weight excluding hydrogens is 234 g/mol. The van der Waals surface area contributed by atoms with Crippen molar-refractivity contribution in [3.8, 4) is 0 Å². The van der Waals surface area contributed by atoms with E-state index in [9.17, 15) is 0 Å². The van der Waals surface area contributed by atoms with Crippen molar-refractivity contribution >= 4 is 5.82 Å². The molecule has 2 aliphatic rings. The van der Waals surface area contributed by atoms with Gasteiger partial charge in [0.25, 0.3) is 0 Å². The third-order valence-electron chi connectivity index (χ3n) is 4.66. The first kappa shape index (κ1) is 12.9. The second-order valence-electron chi connectivity index (χ2n) is 6.06. The molecule has 0 amide bonds. The third-order valence-corrected chi connectivity index (χ3v) is 4.66. The second kappa shape index (κ2) is 5.91. The van der Waals surface area contributed by atoms with Crippen molar-refractivity contribution < 1.29 is 0 Å². The zero-order chi connectivity index (χ0) is 13.1. The van der Waals surface area contributed by atoms with Crippen LogP contribution < -0.4 is 5.32 Å². The van der Waals surface area contributed by atoms with E-state index in [-0.39, 0.29) is 0 Å². The molecule has 3 nitrogen and oxygen atoms in total. The normalized spacial score (nSPS) is 25.6. The van der Waals surface area contributed by atoms with Crippen molar-refractivity contribution in [2.24, 2.45) is 0 Å². The maximum atomic E-state index is 4.61. The summed E-state index contributed by atoms with van der Waals surface area (Å²) in [6.07, 6.45) is 11.2. The Morgan fingerprint density at radius 1 is 1.16 bits per heavy atom. The lowest BCUT2D eigenvalue weighted by Gasteiger charge is -2.27. The first-order valence-electron chi connectivity index (χ1n) is 7.76. The summed E-state index contributed by atoms with van der Waals surface area (Å²) in [6.45, 7) is 1.21. The number of anilines is 1. The highest BCUT2D eigenvalue weighted by Crippen LogP contribution is 2.34. The minimum absolute atomic E-state index is 0.555. The van der Waals surface area contributed by atoms with Crippen LogP contribution in [0.2, 0.25) is 0 Å². The van der Waals surface area contributed by atoms with E-state index in [2.05, 4.69) is 34.4 Å². The van der Waals surface area contributed by atoms with Crippen LogP contribution in [0, 0.1) is 0 Å². The van der Waals surface area contributed by atoms with Crippen molar-refractivity contribution in [2.75, 3.05) is 18.9 Å². The lowest BCUT2D eigenvalue weighted by Crippen LogP contribution is -2.25. The van der Waals surface area contributed by atoms with Gasteiger partial charge < -0.3 is 5.32 Å². The number of likely N-dealkylation sites (tertiary alicyclic amines) is 1. The topological polar surface area (TPSA) is 28.2 Å². The standard InChI is InChI=1S/C16H25N3/c1-19-12-6-10-15(19)14-9-5-11-17-16(14)18-13-7-3-2-4-8-13/h5,9,11,13,15H,2-4,6-8,10,12H2,1H3,(H,17,18)/t15-/m0/s1. The molecular formula is C16H25N3. The SMILES string of the molecule is CN1CCC[C@H]1c1cccnc1NC1CCCCC1. The maximum absolute atomic E-state index is 4.61. The number of nitrogens with zero attached hydrogens (tertiary/aromatic N) is 2. The van der Waals surface area contributed by atoms with Crippen molar-refractivity contribution in [2.45, 2.75) is 57.0 Å². The molecule has 0 spiro atoms. The molecule has 3 rings (SSSR count). The first-order valence-corrected chi connectivity index (χ1v) is 7.76. The Morgan fingerprint density at radius 2 is 2.00 bits per heavy atom. The summed E-state index contributed by atoms with van der Waals surface area (Å²) in [7, 11) is 2.23. The molecule has 2 fully saturated rings. The van der Waals surface area contributed by atoms with Gasteiger partial charge in [-0.25, -0.2) is 4.98 Å². The predicted octanol–water partition coefficient (Wildman–Crippen LogP) is 3.59. The average molecular weight is 259 g/mol. The first-order chi connectivity index (χ1) is 9.34. The summed E-state index contributed by atoms with van der Waals surface area (Å²) in [6, 6.07) is 5.52. The van der Waals surface area contributed by atoms with E-state index in [4.69, 9.17) is 0 Å². The van der Waals surface area contributed by atoms with Gasteiger partial charge in [-0.05, 0) is 45.3 Å². The molecule has 104 valence electrons. The van der Waals surface area contributed by atoms with Gasteiger partial charge in [-0.3, -0.25) is 4.90 Å². The zero-order valence-corrected chi connectivity index (χ0v) is 11.9. The molecule has 19 heavy (non-hydrogen) atoms. The summed E-state index contributed by atoms with van der Waals surface area (Å²) in [5.41, 5.74) is 1.40. The van der Waals surface area contributed by atoms with E-state index >= 15 is 0 Å². The van der Waals surface area contributed by atoms with Gasteiger partial charge in [-0.2, -0.15) is 0 Å². The molecule has 0 aromatic carbocycles. The van der Waals surface area contributed by atoms with E-state index < -0.39 is 0 Å². The average Bonchev–Trinajstić information content (AvgIpc) is 2.87. The number of nitrogens with one attached hydrogen (secondary N) is 1. The van der Waals surface area contributed by atoms with Gasteiger partial charge in [0.2, 0.25) is 0 Å². The fraction of sp³-hybridized carbons (Fsp3) is 0.688. The molecule has 2 heterocycles. The van der Waals surface area contributed by atoms with Crippen LogP contribution in [0.5, 0.6) is 0 Å². The van der Waals surface area contributed by atoms with Gasteiger partial charge in [0.05, 0.1) is 0 Å². The third kappa shape index (κ3) is 2.92. The number of pyridine rings is 1. The lowest BCUT2D eigenvalue weighted by atomic mass is 9.95. The molecule has 1 aromatic heterocycles. The van der Waals surface area contributed by atoms with Crippen LogP contribution in [0.25, 0.3) is 0 Å². The van der Waals surface area contributed by atoms with Crippen LogP contribution >= 0.6 is 0 Å². The Bertz CT molecular complexity index is 412. The van der Waals surface area contributed by atoms with Crippen LogP contribution in [0.1, 0.15) is 56.6 Å². The Balaban J connectivity index is 1.76. The molecule has 0 radical (unpaired) electrons. The van der Waals surface area contributed by atoms with Gasteiger partial charge in [-0.1, -0.05) is 25.3 Å². The number of hydrogen-bond donors (Lipinski definition) is 1. The van der Waals surface area contributed by atoms with E-state index in [0.29, 0.717) is 12.1 Å². The smallest absolute Gasteiger partial charge is 0.130 e. The Labute approximate surface area is 116 Å². The summed E-state index contributed by atoms with van der Waals surface area (Å²) < 4.78 is 0. The van der Waals surface area contributed by atoms with E-state index in [1.165, 1.54) is 57.1 Å². The number of hydrogen-bond acceptors (Lipinski definition) is 3. The quantitative estimate of drug-likeness (QED) is 0.899. The monoisotopic (exact) mass is 259 g/mol. The summed E-state index contributed by atoms with van der Waals surface area (Å²) in [4.78, 5) is 7.08. The summed E-state index contributed by atoms with van der Waals surface area (Å²) in [5, 5.41) is 3.71. The number of aromatic nitrogens is 1. The van der Waals surface area contributed by atoms with Crippen molar-refractivity contribution in [3.63, 3.8) is 0 Å². The number of rotatable bonds is 3. The van der Waals surface area contributed by atoms with E-state index in [0.717, 1.165) is 5.82 Å². The van der Waals surface area contributed by atoms with Crippen molar-refractivity contribution in [1.82, 2.24) is 9.88 Å². The van der Waals surface area contributed by atoms with Crippen LogP contribution in [0.15, 0.2) is 18.3 Å². The molecule has 1 saturated carbocycles. The highest BCUT2D eigenvalue weighted by molar-refractivity contribution is 5.46. The maximum Gasteiger partial charge on any atom is 0.130 e. The second-order valence-corrected chi connectivity index (χ2v) is 6.06. The van der Waals surface area contributed by atoms with Crippen LogP contribution in [0.4, 0.5) is 5.82 Å². The van der Waals surface area contributed by atoms with Crippen LogP contribution in [-0.2, 0) is 0 Å². The minimum Gasteiger partial charge on any atom is -0.367 e. The predicted molar refractivity (Wildman–Crippen MR) is 79.3 cm³/mol. The molecule has 0 unspecified atom stereocenters. The summed E-state index contributed by atoms with van der Waals surface area (Å²) >= 11 is 0. The molecule has 1 atom stereocenters. The molecule has 1 N–H and O–H groups in total. The van der Waals surface area contributed by atoms with Crippen LogP contribution in [-0.4, -0.2) is 29.5 Å². The molecule has 1 saturated heterocycles. The minimum atomic E-state index is 0.555. The Kier molecular flexibility index (Phi) is 4.02. The van der Waals surface area contributed by atoms with Gasteiger partial charge in [0, 0.05) is 23.8 Å². The molecule has 3 heteroatoms. The lowest BCUT2D eigenvalue weighted by molar-refractivity contribution is 0.317. The van der Waals surface area contributed by atoms with E-state index in [1.54, 1.807) is 0 Å². The van der Waals surface area contributed by atoms with Crippen LogP contribution in [0.3, 0.4) is 0 Å². The highest BCUT2D eigenvalue weighted by Gasteiger charge is 2.26. The largest absolute Gasteiger partial charge is 0.367 e. The van der Waals surface area contributed by atoms with Gasteiger partial charge in [0.1, 0.15) is 5.82 Å². The van der Waals surface area contributed by atoms with E-state index in [1.807, 2.05) is 6.20 Å². The van der Waals surface area contributed by atoms with Gasteiger partial charge in [0.15, 0.2) is 0 Å². The van der Waals surface area contributed by atoms with Gasteiger partial charge >= 0.3 is 0 Å². The van der Waals surface area contributed by atoms with Gasteiger partial charge in [-0.15, -0.1) is 0 Å². The fourth-order valence-electron chi connectivity index (χ4n) is 3.55.